The van der Waals surface area contributed by atoms with Gasteiger partial charge in [-0.1, -0.05) is 29.8 Å². The number of benzene rings is 2. The van der Waals surface area contributed by atoms with Crippen LogP contribution in [0.3, 0.4) is 0 Å². The maximum Gasteiger partial charge on any atom is 0.0663 e. The lowest BCUT2D eigenvalue weighted by molar-refractivity contribution is 1.19. The first-order valence-corrected chi connectivity index (χ1v) is 5.82. The summed E-state index contributed by atoms with van der Waals surface area (Å²) in [5, 5.41) is 0.663. The molecule has 0 unspecified atom stereocenters. The maximum absolute atomic E-state index is 6.20. The average molecular weight is 247 g/mol. The highest BCUT2D eigenvalue weighted by Gasteiger charge is 2.09. The van der Waals surface area contributed by atoms with E-state index in [2.05, 4.69) is 24.0 Å². The van der Waals surface area contributed by atoms with E-state index >= 15 is 0 Å². The number of hydrogen-bond donors (Lipinski definition) is 1. The molecule has 2 nitrogen and oxygen atoms in total. The molecule has 3 heteroatoms. The van der Waals surface area contributed by atoms with Crippen molar-refractivity contribution in [3.63, 3.8) is 0 Å². The molecule has 0 heterocycles. The van der Waals surface area contributed by atoms with Crippen LogP contribution in [0.5, 0.6) is 0 Å². The number of anilines is 3. The second-order valence-electron chi connectivity index (χ2n) is 4.06. The molecule has 0 saturated heterocycles. The summed E-state index contributed by atoms with van der Waals surface area (Å²) in [7, 11) is 2.00. The van der Waals surface area contributed by atoms with Gasteiger partial charge in [-0.3, -0.25) is 0 Å². The normalized spacial score (nSPS) is 10.3. The molecule has 0 fully saturated rings. The van der Waals surface area contributed by atoms with Gasteiger partial charge >= 0.3 is 0 Å². The summed E-state index contributed by atoms with van der Waals surface area (Å²) < 4.78 is 0. The molecule has 2 rings (SSSR count). The van der Waals surface area contributed by atoms with Crippen molar-refractivity contribution in [2.45, 2.75) is 6.92 Å². The first kappa shape index (κ1) is 11.8. The third kappa shape index (κ3) is 2.37. The molecule has 0 radical (unpaired) electrons. The highest BCUT2D eigenvalue weighted by Crippen LogP contribution is 2.33. The molecule has 88 valence electrons. The summed E-state index contributed by atoms with van der Waals surface area (Å²) in [6, 6.07) is 13.8. The molecule has 2 aromatic rings. The van der Waals surface area contributed by atoms with Gasteiger partial charge in [-0.15, -0.1) is 0 Å². The van der Waals surface area contributed by atoms with Gasteiger partial charge in [0, 0.05) is 18.4 Å². The van der Waals surface area contributed by atoms with E-state index < -0.39 is 0 Å². The fraction of sp³-hybridized carbons (Fsp3) is 0.143. The highest BCUT2D eigenvalue weighted by atomic mass is 35.5. The van der Waals surface area contributed by atoms with Gasteiger partial charge in [-0.05, 0) is 36.8 Å². The standard InChI is InChI=1S/C14H15ClN2/c1-10-5-3-4-6-13(10)17(2)14-8-7-11(16)9-12(14)15/h3-9H,16H2,1-2H3. The predicted molar refractivity (Wildman–Crippen MR) is 75.1 cm³/mol. The van der Waals surface area contributed by atoms with Crippen LogP contribution in [0, 0.1) is 6.92 Å². The molecule has 0 atom stereocenters. The number of para-hydroxylation sites is 1. The van der Waals surface area contributed by atoms with E-state index in [4.69, 9.17) is 17.3 Å². The van der Waals surface area contributed by atoms with Gasteiger partial charge in [0.25, 0.3) is 0 Å². The minimum atomic E-state index is 0.663. The van der Waals surface area contributed by atoms with Crippen LogP contribution in [0.15, 0.2) is 42.5 Å². The van der Waals surface area contributed by atoms with Crippen molar-refractivity contribution in [3.05, 3.63) is 53.1 Å². The van der Waals surface area contributed by atoms with E-state index in [1.54, 1.807) is 6.07 Å². The molecular formula is C14H15ClN2. The second kappa shape index (κ2) is 4.68. The molecule has 0 saturated carbocycles. The van der Waals surface area contributed by atoms with Gasteiger partial charge in [0.05, 0.1) is 10.7 Å². The zero-order valence-corrected chi connectivity index (χ0v) is 10.7. The van der Waals surface area contributed by atoms with Crippen LogP contribution < -0.4 is 10.6 Å². The Morgan fingerprint density at radius 3 is 2.41 bits per heavy atom. The van der Waals surface area contributed by atoms with Crippen LogP contribution in [0.1, 0.15) is 5.56 Å². The van der Waals surface area contributed by atoms with Gasteiger partial charge in [-0.25, -0.2) is 0 Å². The number of rotatable bonds is 2. The van der Waals surface area contributed by atoms with Gasteiger partial charge in [0.15, 0.2) is 0 Å². The van der Waals surface area contributed by atoms with E-state index in [0.29, 0.717) is 10.7 Å². The largest absolute Gasteiger partial charge is 0.399 e. The Labute approximate surface area is 107 Å². The molecule has 2 aromatic carbocycles. The number of nitrogens with two attached hydrogens (primary N) is 1. The summed E-state index contributed by atoms with van der Waals surface area (Å²) in [5.41, 5.74) is 9.67. The Kier molecular flexibility index (Phi) is 3.25. The molecule has 0 aliphatic carbocycles. The molecule has 0 aliphatic rings. The van der Waals surface area contributed by atoms with E-state index in [1.807, 2.05) is 31.3 Å². The number of halogens is 1. The average Bonchev–Trinajstić information content (AvgIpc) is 2.29. The van der Waals surface area contributed by atoms with Crippen molar-refractivity contribution in [2.24, 2.45) is 0 Å². The quantitative estimate of drug-likeness (QED) is 0.812. The molecule has 0 bridgehead atoms. The summed E-state index contributed by atoms with van der Waals surface area (Å²) >= 11 is 6.20. The van der Waals surface area contributed by atoms with Crippen molar-refractivity contribution in [1.82, 2.24) is 0 Å². The number of hydrogen-bond acceptors (Lipinski definition) is 2. The zero-order chi connectivity index (χ0) is 12.4. The number of nitrogens with zero attached hydrogens (tertiary/aromatic N) is 1. The van der Waals surface area contributed by atoms with Crippen molar-refractivity contribution in [2.75, 3.05) is 17.7 Å². The first-order valence-electron chi connectivity index (χ1n) is 5.44. The zero-order valence-electron chi connectivity index (χ0n) is 9.94. The van der Waals surface area contributed by atoms with Gasteiger partial charge in [-0.2, -0.15) is 0 Å². The van der Waals surface area contributed by atoms with Crippen LogP contribution in [-0.4, -0.2) is 7.05 Å². The SMILES string of the molecule is Cc1ccccc1N(C)c1ccc(N)cc1Cl. The Balaban J connectivity index is 2.44. The molecule has 0 amide bonds. The molecule has 17 heavy (non-hydrogen) atoms. The Morgan fingerprint density at radius 2 is 1.76 bits per heavy atom. The first-order chi connectivity index (χ1) is 8.09. The number of nitrogen functional groups attached to an aromatic ring is 1. The number of aryl methyl sites for hydroxylation is 1. The Hall–Kier alpha value is -1.67. The van der Waals surface area contributed by atoms with E-state index in [1.165, 1.54) is 5.56 Å². The van der Waals surface area contributed by atoms with Crippen molar-refractivity contribution in [1.29, 1.82) is 0 Å². The topological polar surface area (TPSA) is 29.3 Å². The highest BCUT2D eigenvalue weighted by molar-refractivity contribution is 6.33. The molecule has 0 aromatic heterocycles. The Morgan fingerprint density at radius 1 is 1.06 bits per heavy atom. The maximum atomic E-state index is 6.20. The lowest BCUT2D eigenvalue weighted by Gasteiger charge is -2.22. The van der Waals surface area contributed by atoms with Crippen LogP contribution in [-0.2, 0) is 0 Å². The van der Waals surface area contributed by atoms with Crippen LogP contribution in [0.4, 0.5) is 17.1 Å². The summed E-state index contributed by atoms with van der Waals surface area (Å²) in [5.74, 6) is 0. The van der Waals surface area contributed by atoms with Gasteiger partial charge < -0.3 is 10.6 Å². The lowest BCUT2D eigenvalue weighted by atomic mass is 10.1. The molecular weight excluding hydrogens is 232 g/mol. The van der Waals surface area contributed by atoms with Crippen molar-refractivity contribution < 1.29 is 0 Å². The predicted octanol–water partition coefficient (Wildman–Crippen LogP) is 4.00. The van der Waals surface area contributed by atoms with Gasteiger partial charge in [0.2, 0.25) is 0 Å². The fourth-order valence-electron chi connectivity index (χ4n) is 1.86. The molecule has 0 aliphatic heterocycles. The molecule has 0 spiro atoms. The summed E-state index contributed by atoms with van der Waals surface area (Å²) in [4.78, 5) is 2.07. The lowest BCUT2D eigenvalue weighted by Crippen LogP contribution is -2.11. The minimum Gasteiger partial charge on any atom is -0.399 e. The smallest absolute Gasteiger partial charge is 0.0663 e. The third-order valence-electron chi connectivity index (χ3n) is 2.81. The van der Waals surface area contributed by atoms with Crippen LogP contribution >= 0.6 is 11.6 Å². The monoisotopic (exact) mass is 246 g/mol. The van der Waals surface area contributed by atoms with E-state index in [0.717, 1.165) is 11.4 Å². The third-order valence-corrected chi connectivity index (χ3v) is 3.11. The summed E-state index contributed by atoms with van der Waals surface area (Å²) in [6.45, 7) is 2.08. The van der Waals surface area contributed by atoms with Gasteiger partial charge in [0.1, 0.15) is 0 Å². The molecule has 2 N–H and O–H groups in total. The Bertz CT molecular complexity index is 537. The van der Waals surface area contributed by atoms with Crippen molar-refractivity contribution >= 4 is 28.7 Å². The summed E-state index contributed by atoms with van der Waals surface area (Å²) in [6.07, 6.45) is 0. The minimum absolute atomic E-state index is 0.663. The van der Waals surface area contributed by atoms with E-state index in [9.17, 15) is 0 Å². The van der Waals surface area contributed by atoms with Crippen LogP contribution in [0.2, 0.25) is 5.02 Å². The van der Waals surface area contributed by atoms with Crippen LogP contribution in [0.25, 0.3) is 0 Å². The second-order valence-corrected chi connectivity index (χ2v) is 4.46. The van der Waals surface area contributed by atoms with Crippen molar-refractivity contribution in [3.8, 4) is 0 Å². The fourth-order valence-corrected chi connectivity index (χ4v) is 2.18. The van der Waals surface area contributed by atoms with E-state index in [-0.39, 0.29) is 0 Å².